The summed E-state index contributed by atoms with van der Waals surface area (Å²) in [6.07, 6.45) is 1.74. The number of nitrogens with one attached hydrogen (secondary N) is 1. The Hall–Kier alpha value is -0.170. The van der Waals surface area contributed by atoms with Gasteiger partial charge in [0.05, 0.1) is 25.6 Å². The van der Waals surface area contributed by atoms with E-state index in [1.54, 1.807) is 0 Å². The predicted octanol–water partition coefficient (Wildman–Crippen LogP) is -0.659. The Morgan fingerprint density at radius 3 is 2.92 bits per heavy atom. The van der Waals surface area contributed by atoms with E-state index in [4.69, 9.17) is 4.74 Å². The third-order valence-electron chi connectivity index (χ3n) is 1.74. The van der Waals surface area contributed by atoms with Crippen LogP contribution in [0, 0.1) is 0 Å². The van der Waals surface area contributed by atoms with E-state index in [-0.39, 0.29) is 12.7 Å². The Balaban J connectivity index is 2.11. The molecular formula is C7H15NO4S. The summed E-state index contributed by atoms with van der Waals surface area (Å²) in [5.74, 6) is 0. The number of hydrogen-bond acceptors (Lipinski definition) is 5. The first-order valence-corrected chi connectivity index (χ1v) is 6.06. The fourth-order valence-electron chi connectivity index (χ4n) is 1.14. The van der Waals surface area contributed by atoms with Gasteiger partial charge in [-0.3, -0.25) is 4.18 Å². The SMILES string of the molecule is CS(=O)(=O)OCCC1CNCCO1. The zero-order chi connectivity index (χ0) is 9.73. The number of hydrogen-bond donors (Lipinski definition) is 1. The van der Waals surface area contributed by atoms with E-state index >= 15 is 0 Å². The smallest absolute Gasteiger partial charge is 0.264 e. The zero-order valence-corrected chi connectivity index (χ0v) is 8.47. The highest BCUT2D eigenvalue weighted by molar-refractivity contribution is 7.85. The fraction of sp³-hybridized carbons (Fsp3) is 1.00. The van der Waals surface area contributed by atoms with E-state index in [1.165, 1.54) is 0 Å². The van der Waals surface area contributed by atoms with Gasteiger partial charge in [0.2, 0.25) is 0 Å². The second-order valence-corrected chi connectivity index (χ2v) is 4.66. The number of ether oxygens (including phenoxy) is 1. The predicted molar refractivity (Wildman–Crippen MR) is 48.0 cm³/mol. The molecule has 0 spiro atoms. The van der Waals surface area contributed by atoms with E-state index in [0.29, 0.717) is 13.0 Å². The Kier molecular flexibility index (Phi) is 4.11. The van der Waals surface area contributed by atoms with Gasteiger partial charge < -0.3 is 10.1 Å². The first-order chi connectivity index (χ1) is 6.08. The summed E-state index contributed by atoms with van der Waals surface area (Å²) in [4.78, 5) is 0. The van der Waals surface area contributed by atoms with E-state index in [0.717, 1.165) is 19.3 Å². The minimum atomic E-state index is -3.30. The molecule has 1 atom stereocenters. The van der Waals surface area contributed by atoms with Crippen molar-refractivity contribution in [2.45, 2.75) is 12.5 Å². The van der Waals surface area contributed by atoms with Crippen molar-refractivity contribution in [2.75, 3.05) is 32.6 Å². The van der Waals surface area contributed by atoms with Crippen LogP contribution < -0.4 is 5.32 Å². The Morgan fingerprint density at radius 1 is 1.62 bits per heavy atom. The van der Waals surface area contributed by atoms with Gasteiger partial charge in [0.1, 0.15) is 0 Å². The topological polar surface area (TPSA) is 64.6 Å². The molecule has 0 radical (unpaired) electrons. The Bertz CT molecular complexity index is 233. The van der Waals surface area contributed by atoms with Crippen LogP contribution in [-0.2, 0) is 19.0 Å². The monoisotopic (exact) mass is 209 g/mol. The van der Waals surface area contributed by atoms with Gasteiger partial charge in [-0.1, -0.05) is 0 Å². The summed E-state index contributed by atoms with van der Waals surface area (Å²) in [6.45, 7) is 2.52. The molecule has 0 aromatic rings. The highest BCUT2D eigenvalue weighted by Gasteiger charge is 2.13. The maximum Gasteiger partial charge on any atom is 0.264 e. The second-order valence-electron chi connectivity index (χ2n) is 3.01. The molecule has 0 aliphatic carbocycles. The normalized spacial score (nSPS) is 24.5. The molecular weight excluding hydrogens is 194 g/mol. The minimum Gasteiger partial charge on any atom is -0.375 e. The van der Waals surface area contributed by atoms with Crippen molar-refractivity contribution >= 4 is 10.1 Å². The lowest BCUT2D eigenvalue weighted by Gasteiger charge is -2.23. The van der Waals surface area contributed by atoms with Crippen molar-refractivity contribution < 1.29 is 17.3 Å². The van der Waals surface area contributed by atoms with E-state index in [1.807, 2.05) is 0 Å². The third kappa shape index (κ3) is 5.20. The van der Waals surface area contributed by atoms with Crippen molar-refractivity contribution in [3.8, 4) is 0 Å². The van der Waals surface area contributed by atoms with Crippen LogP contribution in [0.15, 0.2) is 0 Å². The Labute approximate surface area is 78.5 Å². The molecule has 13 heavy (non-hydrogen) atoms. The van der Waals surface area contributed by atoms with E-state index in [2.05, 4.69) is 9.50 Å². The van der Waals surface area contributed by atoms with Crippen molar-refractivity contribution in [1.29, 1.82) is 0 Å². The van der Waals surface area contributed by atoms with Gasteiger partial charge in [-0.05, 0) is 6.42 Å². The molecule has 5 nitrogen and oxygen atoms in total. The molecule has 1 fully saturated rings. The molecule has 1 N–H and O–H groups in total. The lowest BCUT2D eigenvalue weighted by atomic mass is 10.2. The molecule has 0 aromatic heterocycles. The van der Waals surface area contributed by atoms with Crippen LogP contribution in [0.1, 0.15) is 6.42 Å². The number of rotatable bonds is 4. The summed E-state index contributed by atoms with van der Waals surface area (Å²) in [7, 11) is -3.30. The molecule has 1 saturated heterocycles. The highest BCUT2D eigenvalue weighted by Crippen LogP contribution is 2.02. The Morgan fingerprint density at radius 2 is 2.38 bits per heavy atom. The maximum absolute atomic E-state index is 10.6. The summed E-state index contributed by atoms with van der Waals surface area (Å²) in [5, 5.41) is 3.15. The van der Waals surface area contributed by atoms with Crippen molar-refractivity contribution in [3.05, 3.63) is 0 Å². The second kappa shape index (κ2) is 4.90. The first-order valence-electron chi connectivity index (χ1n) is 4.24. The summed E-state index contributed by atoms with van der Waals surface area (Å²) < 4.78 is 31.1. The quantitative estimate of drug-likeness (QED) is 0.623. The van der Waals surface area contributed by atoms with Gasteiger partial charge in [0.15, 0.2) is 0 Å². The summed E-state index contributed by atoms with van der Waals surface area (Å²) >= 11 is 0. The molecule has 1 aliphatic heterocycles. The highest BCUT2D eigenvalue weighted by atomic mass is 32.2. The van der Waals surface area contributed by atoms with E-state index < -0.39 is 10.1 Å². The zero-order valence-electron chi connectivity index (χ0n) is 7.65. The third-order valence-corrected chi connectivity index (χ3v) is 2.34. The van der Waals surface area contributed by atoms with Crippen LogP contribution in [0.4, 0.5) is 0 Å². The van der Waals surface area contributed by atoms with Gasteiger partial charge in [-0.25, -0.2) is 0 Å². The van der Waals surface area contributed by atoms with Crippen molar-refractivity contribution in [1.82, 2.24) is 5.32 Å². The van der Waals surface area contributed by atoms with Crippen LogP contribution >= 0.6 is 0 Å². The molecule has 0 aromatic carbocycles. The fourth-order valence-corrected chi connectivity index (χ4v) is 1.54. The molecule has 1 heterocycles. The average molecular weight is 209 g/mol. The van der Waals surface area contributed by atoms with Crippen LogP contribution in [-0.4, -0.2) is 47.1 Å². The van der Waals surface area contributed by atoms with Gasteiger partial charge in [0, 0.05) is 13.1 Å². The molecule has 0 amide bonds. The van der Waals surface area contributed by atoms with Crippen LogP contribution in [0.5, 0.6) is 0 Å². The van der Waals surface area contributed by atoms with Gasteiger partial charge >= 0.3 is 0 Å². The molecule has 1 aliphatic rings. The molecule has 6 heteroatoms. The maximum atomic E-state index is 10.6. The molecule has 1 rings (SSSR count). The van der Waals surface area contributed by atoms with Crippen molar-refractivity contribution in [3.63, 3.8) is 0 Å². The van der Waals surface area contributed by atoms with Crippen LogP contribution in [0.2, 0.25) is 0 Å². The van der Waals surface area contributed by atoms with E-state index in [9.17, 15) is 8.42 Å². The lowest BCUT2D eigenvalue weighted by Crippen LogP contribution is -2.39. The van der Waals surface area contributed by atoms with Gasteiger partial charge in [-0.2, -0.15) is 8.42 Å². The van der Waals surface area contributed by atoms with Crippen LogP contribution in [0.3, 0.4) is 0 Å². The first kappa shape index (κ1) is 10.9. The summed E-state index contributed by atoms with van der Waals surface area (Å²) in [5.41, 5.74) is 0. The molecule has 1 unspecified atom stereocenters. The number of morpholine rings is 1. The van der Waals surface area contributed by atoms with Gasteiger partial charge in [0.25, 0.3) is 10.1 Å². The summed E-state index contributed by atoms with van der Waals surface area (Å²) in [6, 6.07) is 0. The van der Waals surface area contributed by atoms with Crippen molar-refractivity contribution in [2.24, 2.45) is 0 Å². The molecule has 0 bridgehead atoms. The lowest BCUT2D eigenvalue weighted by molar-refractivity contribution is 0.0164. The van der Waals surface area contributed by atoms with Gasteiger partial charge in [-0.15, -0.1) is 0 Å². The molecule has 0 saturated carbocycles. The van der Waals surface area contributed by atoms with Crippen LogP contribution in [0.25, 0.3) is 0 Å². The standard InChI is InChI=1S/C7H15NO4S/c1-13(9,10)12-4-2-7-6-8-3-5-11-7/h7-8H,2-6H2,1H3. The minimum absolute atomic E-state index is 0.0792. The average Bonchev–Trinajstić information content (AvgIpc) is 2.04. The molecule has 78 valence electrons. The largest absolute Gasteiger partial charge is 0.375 e.